The van der Waals surface area contributed by atoms with Gasteiger partial charge in [0.1, 0.15) is 0 Å². The molecule has 30 heavy (non-hydrogen) atoms. The van der Waals surface area contributed by atoms with Crippen LogP contribution in [0.2, 0.25) is 0 Å². The zero-order valence-electron chi connectivity index (χ0n) is 18.0. The number of halogens is 2. The number of nitrogens with one attached hydrogen (secondary N) is 2. The molecule has 2 fully saturated rings. The number of hydrogen-bond donors (Lipinski definition) is 3. The van der Waals surface area contributed by atoms with E-state index in [2.05, 4.69) is 21.6 Å². The summed E-state index contributed by atoms with van der Waals surface area (Å²) < 4.78 is 0. The minimum atomic E-state index is -0.458. The highest BCUT2D eigenvalue weighted by Gasteiger charge is 2.38. The molecule has 0 radical (unpaired) electrons. The summed E-state index contributed by atoms with van der Waals surface area (Å²) in [6.07, 6.45) is 6.48. The summed E-state index contributed by atoms with van der Waals surface area (Å²) in [6, 6.07) is 7.75. The van der Waals surface area contributed by atoms with Crippen molar-refractivity contribution in [1.29, 1.82) is 0 Å². The third-order valence-corrected chi connectivity index (χ3v) is 6.05. The predicted molar refractivity (Wildman–Crippen MR) is 128 cm³/mol. The first-order valence-electron chi connectivity index (χ1n) is 10.6. The van der Waals surface area contributed by atoms with Gasteiger partial charge in [-0.15, -0.1) is 24.8 Å². The van der Waals surface area contributed by atoms with Gasteiger partial charge in [-0.25, -0.2) is 0 Å². The number of nitrogens with two attached hydrogens (primary N) is 1. The van der Waals surface area contributed by atoms with E-state index in [0.717, 1.165) is 50.1 Å². The molecular formula is C22H36Cl2N4O2. The molecule has 1 aromatic rings. The van der Waals surface area contributed by atoms with Crippen LogP contribution in [0.4, 0.5) is 11.4 Å². The average molecular weight is 459 g/mol. The van der Waals surface area contributed by atoms with Gasteiger partial charge in [0.15, 0.2) is 0 Å². The highest BCUT2D eigenvalue weighted by Crippen LogP contribution is 2.31. The molecule has 1 saturated heterocycles. The molecule has 1 saturated carbocycles. The Morgan fingerprint density at radius 2 is 1.90 bits per heavy atom. The molecule has 8 heteroatoms. The number of carbonyl (C=O) groups excluding carboxylic acids is 2. The van der Waals surface area contributed by atoms with Crippen molar-refractivity contribution in [1.82, 2.24) is 5.32 Å². The Bertz CT molecular complexity index is 708. The van der Waals surface area contributed by atoms with Gasteiger partial charge in [0, 0.05) is 42.5 Å². The molecule has 3 atom stereocenters. The Morgan fingerprint density at radius 3 is 2.57 bits per heavy atom. The van der Waals surface area contributed by atoms with E-state index in [1.54, 1.807) is 0 Å². The molecule has 170 valence electrons. The SMILES string of the molecule is CC(CC(=O)Nc1cccc(N2CCCC2)c1)NC(=O)C1CCCCC1(C)N.Cl.Cl. The minimum Gasteiger partial charge on any atom is -0.371 e. The van der Waals surface area contributed by atoms with Crippen LogP contribution in [-0.2, 0) is 9.59 Å². The van der Waals surface area contributed by atoms with Crippen LogP contribution in [0.5, 0.6) is 0 Å². The summed E-state index contributed by atoms with van der Waals surface area (Å²) in [6.45, 7) is 5.97. The maximum atomic E-state index is 12.6. The normalized spacial score (nSPS) is 24.2. The fourth-order valence-electron chi connectivity index (χ4n) is 4.43. The molecule has 1 heterocycles. The van der Waals surface area contributed by atoms with Crippen molar-refractivity contribution in [2.24, 2.45) is 11.7 Å². The number of nitrogens with zero attached hydrogens (tertiary/aromatic N) is 1. The van der Waals surface area contributed by atoms with Crippen LogP contribution in [-0.4, -0.2) is 36.5 Å². The van der Waals surface area contributed by atoms with Crippen molar-refractivity contribution >= 4 is 48.0 Å². The summed E-state index contributed by atoms with van der Waals surface area (Å²) in [5.41, 5.74) is 7.82. The van der Waals surface area contributed by atoms with Gasteiger partial charge in [-0.2, -0.15) is 0 Å². The monoisotopic (exact) mass is 458 g/mol. The molecule has 3 rings (SSSR count). The molecule has 4 N–H and O–H groups in total. The molecule has 3 unspecified atom stereocenters. The Balaban J connectivity index is 0.00000225. The van der Waals surface area contributed by atoms with Gasteiger partial charge in [-0.05, 0) is 57.7 Å². The lowest BCUT2D eigenvalue weighted by Crippen LogP contribution is -2.54. The molecule has 2 amide bonds. The second-order valence-corrected chi connectivity index (χ2v) is 8.71. The van der Waals surface area contributed by atoms with Crippen molar-refractivity contribution < 1.29 is 9.59 Å². The van der Waals surface area contributed by atoms with Crippen molar-refractivity contribution in [3.05, 3.63) is 24.3 Å². The fraction of sp³-hybridized carbons (Fsp3) is 0.636. The molecule has 0 aromatic heterocycles. The number of anilines is 2. The van der Waals surface area contributed by atoms with E-state index in [9.17, 15) is 9.59 Å². The van der Waals surface area contributed by atoms with Crippen LogP contribution >= 0.6 is 24.8 Å². The first kappa shape index (κ1) is 26.5. The highest BCUT2D eigenvalue weighted by atomic mass is 35.5. The van der Waals surface area contributed by atoms with Gasteiger partial charge in [0.05, 0.1) is 5.92 Å². The van der Waals surface area contributed by atoms with E-state index in [4.69, 9.17) is 5.73 Å². The van der Waals surface area contributed by atoms with Gasteiger partial charge < -0.3 is 21.3 Å². The predicted octanol–water partition coefficient (Wildman–Crippen LogP) is 3.87. The zero-order chi connectivity index (χ0) is 20.1. The summed E-state index contributed by atoms with van der Waals surface area (Å²) in [4.78, 5) is 27.4. The maximum Gasteiger partial charge on any atom is 0.226 e. The molecule has 1 aromatic carbocycles. The van der Waals surface area contributed by atoms with Crippen LogP contribution in [0, 0.1) is 5.92 Å². The quantitative estimate of drug-likeness (QED) is 0.603. The van der Waals surface area contributed by atoms with Crippen LogP contribution in [0.25, 0.3) is 0 Å². The van der Waals surface area contributed by atoms with E-state index in [1.807, 2.05) is 32.0 Å². The summed E-state index contributed by atoms with van der Waals surface area (Å²) >= 11 is 0. The number of rotatable bonds is 6. The summed E-state index contributed by atoms with van der Waals surface area (Å²) in [5.74, 6) is -0.296. The van der Waals surface area contributed by atoms with Gasteiger partial charge in [0.25, 0.3) is 0 Å². The van der Waals surface area contributed by atoms with E-state index in [1.165, 1.54) is 12.8 Å². The standard InChI is InChI=1S/C22H34N4O2.2ClH/c1-16(24-21(28)19-10-3-4-11-22(19,2)23)14-20(27)25-17-8-7-9-18(15-17)26-12-5-6-13-26;;/h7-9,15-16,19H,3-6,10-14,23H2,1-2H3,(H,24,28)(H,25,27);2*1H. The Labute approximate surface area is 192 Å². The van der Waals surface area contributed by atoms with Crippen molar-refractivity contribution in [2.45, 2.75) is 70.4 Å². The maximum absolute atomic E-state index is 12.6. The summed E-state index contributed by atoms with van der Waals surface area (Å²) in [5, 5.41) is 5.95. The lowest BCUT2D eigenvalue weighted by molar-refractivity contribution is -0.128. The lowest BCUT2D eigenvalue weighted by atomic mass is 9.74. The smallest absolute Gasteiger partial charge is 0.226 e. The van der Waals surface area contributed by atoms with Crippen LogP contribution < -0.4 is 21.3 Å². The minimum absolute atomic E-state index is 0. The number of amides is 2. The fourth-order valence-corrected chi connectivity index (χ4v) is 4.43. The topological polar surface area (TPSA) is 87.5 Å². The van der Waals surface area contributed by atoms with Crippen molar-refractivity contribution in [3.63, 3.8) is 0 Å². The van der Waals surface area contributed by atoms with Crippen LogP contribution in [0.1, 0.15) is 58.8 Å². The molecular weight excluding hydrogens is 423 g/mol. The van der Waals surface area contributed by atoms with E-state index < -0.39 is 5.54 Å². The average Bonchev–Trinajstić information content (AvgIpc) is 3.15. The number of carbonyl (C=O) groups is 2. The molecule has 0 bridgehead atoms. The number of hydrogen-bond acceptors (Lipinski definition) is 4. The second-order valence-electron chi connectivity index (χ2n) is 8.71. The summed E-state index contributed by atoms with van der Waals surface area (Å²) in [7, 11) is 0. The highest BCUT2D eigenvalue weighted by molar-refractivity contribution is 5.92. The van der Waals surface area contributed by atoms with Gasteiger partial charge in [-0.3, -0.25) is 9.59 Å². The molecule has 1 aliphatic carbocycles. The second kappa shape index (κ2) is 11.8. The van der Waals surface area contributed by atoms with E-state index in [-0.39, 0.29) is 55.0 Å². The largest absolute Gasteiger partial charge is 0.371 e. The molecule has 1 aliphatic heterocycles. The first-order valence-corrected chi connectivity index (χ1v) is 10.6. The van der Waals surface area contributed by atoms with Gasteiger partial charge in [0.2, 0.25) is 11.8 Å². The Kier molecular flexibility index (Phi) is 10.4. The first-order chi connectivity index (χ1) is 13.3. The molecule has 2 aliphatic rings. The molecule has 6 nitrogen and oxygen atoms in total. The third kappa shape index (κ3) is 7.03. The van der Waals surface area contributed by atoms with E-state index in [0.29, 0.717) is 0 Å². The van der Waals surface area contributed by atoms with Crippen molar-refractivity contribution in [2.75, 3.05) is 23.3 Å². The van der Waals surface area contributed by atoms with Gasteiger partial charge in [-0.1, -0.05) is 18.9 Å². The zero-order valence-corrected chi connectivity index (χ0v) is 19.6. The Hall–Kier alpha value is -1.50. The lowest BCUT2D eigenvalue weighted by Gasteiger charge is -2.37. The third-order valence-electron chi connectivity index (χ3n) is 6.05. The van der Waals surface area contributed by atoms with E-state index >= 15 is 0 Å². The number of benzene rings is 1. The van der Waals surface area contributed by atoms with Crippen LogP contribution in [0.15, 0.2) is 24.3 Å². The van der Waals surface area contributed by atoms with Crippen LogP contribution in [0.3, 0.4) is 0 Å². The Morgan fingerprint density at radius 1 is 1.20 bits per heavy atom. The van der Waals surface area contributed by atoms with Crippen molar-refractivity contribution in [3.8, 4) is 0 Å². The molecule has 0 spiro atoms. The van der Waals surface area contributed by atoms with Gasteiger partial charge >= 0.3 is 0 Å².